The third kappa shape index (κ3) is 18.0. The van der Waals surface area contributed by atoms with Crippen LogP contribution in [-0.2, 0) is 42.0 Å². The number of alkyl halides is 6. The predicted molar refractivity (Wildman–Crippen MR) is 66.3 cm³/mol. The van der Waals surface area contributed by atoms with Gasteiger partial charge in [-0.1, -0.05) is 0 Å². The topological polar surface area (TPSA) is 114 Å². The minimum absolute atomic E-state index is 0. The Labute approximate surface area is 165 Å². The largest absolute Gasteiger partial charge is 4.00 e. The molecule has 0 atom stereocenters. The maximum Gasteiger partial charge on any atom is 4.00 e. The molecule has 27 heavy (non-hydrogen) atoms. The van der Waals surface area contributed by atoms with E-state index in [1.165, 1.54) is 0 Å². The van der Waals surface area contributed by atoms with E-state index in [-0.39, 0.29) is 21.7 Å². The van der Waals surface area contributed by atoms with Gasteiger partial charge in [0.15, 0.2) is 20.2 Å². The molecule has 2 aromatic rings. The molecule has 0 saturated heterocycles. The van der Waals surface area contributed by atoms with Crippen molar-refractivity contribution in [2.45, 2.75) is 11.0 Å². The third-order valence-electron chi connectivity index (χ3n) is 1.27. The van der Waals surface area contributed by atoms with Crippen LogP contribution in [0.5, 0.6) is 0 Å². The van der Waals surface area contributed by atoms with Crippen molar-refractivity contribution in [1.29, 1.82) is 0 Å². The molecule has 2 aromatic carbocycles. The fraction of sp³-hybridized carbons (Fsp3) is 0.167. The molecular weight excluding hydrogens is 466 g/mol. The first kappa shape index (κ1) is 30.5. The van der Waals surface area contributed by atoms with Gasteiger partial charge in [-0.2, -0.15) is 26.3 Å². The molecule has 0 unspecified atom stereocenters. The van der Waals surface area contributed by atoms with Gasteiger partial charge in [-0.3, -0.25) is 0 Å². The Morgan fingerprint density at radius 1 is 0.593 bits per heavy atom. The fourth-order valence-corrected chi connectivity index (χ4v) is 0.361. The van der Waals surface area contributed by atoms with Crippen LogP contribution < -0.4 is 0 Å². The number of rotatable bonds is 0. The van der Waals surface area contributed by atoms with Gasteiger partial charge in [0, 0.05) is 0 Å². The van der Waals surface area contributed by atoms with Gasteiger partial charge in [0.1, 0.15) is 0 Å². The molecule has 0 heterocycles. The van der Waals surface area contributed by atoms with Gasteiger partial charge in [-0.25, -0.2) is 16.8 Å². The molecule has 15 heteroatoms. The fourth-order valence-electron chi connectivity index (χ4n) is 0.361. The molecule has 0 saturated carbocycles. The van der Waals surface area contributed by atoms with Gasteiger partial charge >= 0.3 is 32.7 Å². The van der Waals surface area contributed by atoms with E-state index in [2.05, 4.69) is 48.5 Å². The SMILES string of the molecule is O=S(=O)([O-])C(F)(F)F.O=S(=O)([O-])C(F)(F)F.[Ti+4].[c-]1[c-][c-][cH-][c-]1.[c-]1[c-][c-][cH-][c-]1. The maximum absolute atomic E-state index is 10.7. The zero-order valence-electron chi connectivity index (χ0n) is 12.2. The van der Waals surface area contributed by atoms with Crippen LogP contribution >= 0.6 is 0 Å². The van der Waals surface area contributed by atoms with Crippen molar-refractivity contribution >= 4 is 20.2 Å². The zero-order chi connectivity index (χ0) is 21.1. The van der Waals surface area contributed by atoms with E-state index in [0.29, 0.717) is 0 Å². The molecule has 0 aliphatic rings. The Morgan fingerprint density at radius 2 is 0.741 bits per heavy atom. The van der Waals surface area contributed by atoms with E-state index in [1.807, 2.05) is 0 Å². The smallest absolute Gasteiger partial charge is 0.999 e. The van der Waals surface area contributed by atoms with Crippen LogP contribution in [0.2, 0.25) is 0 Å². The molecule has 0 aliphatic heterocycles. The molecule has 152 valence electrons. The molecule has 0 spiro atoms. The Morgan fingerprint density at radius 3 is 0.778 bits per heavy atom. The van der Waals surface area contributed by atoms with Gasteiger partial charge in [0.25, 0.3) is 0 Å². The van der Waals surface area contributed by atoms with Crippen LogP contribution in [-0.4, -0.2) is 37.0 Å². The summed E-state index contributed by atoms with van der Waals surface area (Å²) in [6, 6.07) is 24.0. The van der Waals surface area contributed by atoms with Crippen LogP contribution in [0.15, 0.2) is 12.1 Å². The van der Waals surface area contributed by atoms with Crippen LogP contribution in [0.25, 0.3) is 0 Å². The van der Waals surface area contributed by atoms with Crippen LogP contribution in [0.4, 0.5) is 26.3 Å². The summed E-state index contributed by atoms with van der Waals surface area (Å²) in [7, 11) is -12.2. The van der Waals surface area contributed by atoms with Crippen molar-refractivity contribution in [3.63, 3.8) is 0 Å². The first-order valence-corrected chi connectivity index (χ1v) is 8.01. The third-order valence-corrected chi connectivity index (χ3v) is 2.40. The molecule has 0 N–H and O–H groups in total. The van der Waals surface area contributed by atoms with Gasteiger partial charge < -0.3 is 69.8 Å². The van der Waals surface area contributed by atoms with Crippen molar-refractivity contribution < 1.29 is 74.0 Å². The molecule has 0 aromatic heterocycles. The Bertz CT molecular complexity index is 663. The molecule has 2 rings (SSSR count). The van der Waals surface area contributed by atoms with Crippen LogP contribution in [0.1, 0.15) is 0 Å². The van der Waals surface area contributed by atoms with E-state index < -0.39 is 31.3 Å². The van der Waals surface area contributed by atoms with Gasteiger partial charge in [-0.15, -0.1) is 0 Å². The maximum atomic E-state index is 10.7. The average molecular weight is 468 g/mol. The van der Waals surface area contributed by atoms with Crippen molar-refractivity contribution in [3.8, 4) is 0 Å². The Hall–Kier alpha value is -1.19. The molecule has 0 bridgehead atoms. The molecule has 0 fully saturated rings. The summed E-state index contributed by atoms with van der Waals surface area (Å²) in [5.74, 6) is 0. The second kappa shape index (κ2) is 13.1. The molecule has 0 aliphatic carbocycles. The molecule has 0 amide bonds. The second-order valence-corrected chi connectivity index (χ2v) is 5.91. The predicted octanol–water partition coefficient (Wildman–Crippen LogP) is 1.31. The van der Waals surface area contributed by atoms with Crippen LogP contribution in [0, 0.1) is 48.5 Å². The minimum atomic E-state index is -6.09. The first-order chi connectivity index (χ1) is 11.5. The quantitative estimate of drug-likeness (QED) is 0.190. The molecule has 6 nitrogen and oxygen atoms in total. The van der Waals surface area contributed by atoms with Gasteiger partial charge in [0.05, 0.1) is 0 Å². The average Bonchev–Trinajstić information content (AvgIpc) is 3.15. The van der Waals surface area contributed by atoms with Crippen molar-refractivity contribution in [1.82, 2.24) is 0 Å². The van der Waals surface area contributed by atoms with Gasteiger partial charge in [-0.05, 0) is 0 Å². The minimum Gasteiger partial charge on any atom is -0.999 e. The Balaban J connectivity index is -0.000000286. The van der Waals surface area contributed by atoms with E-state index in [4.69, 9.17) is 25.9 Å². The Kier molecular flexibility index (Phi) is 14.8. The normalized spacial score (nSPS) is 11.3. The molecular formula is C12H2F6O6S2Ti-8. The van der Waals surface area contributed by atoms with Crippen molar-refractivity contribution in [2.75, 3.05) is 0 Å². The van der Waals surface area contributed by atoms with Gasteiger partial charge in [0.2, 0.25) is 0 Å². The second-order valence-electron chi connectivity index (χ2n) is 3.17. The van der Waals surface area contributed by atoms with E-state index in [0.717, 1.165) is 0 Å². The summed E-state index contributed by atoms with van der Waals surface area (Å²) >= 11 is 0. The summed E-state index contributed by atoms with van der Waals surface area (Å²) in [6.45, 7) is 0. The van der Waals surface area contributed by atoms with E-state index in [1.54, 1.807) is 12.1 Å². The molecule has 0 radical (unpaired) electrons. The standard InChI is InChI=1S/2C5H.2CHF3O3S.Ti/c2*1-2-4-5-3-1;2*2-1(3,4)8(5,6)7;/h2*1H;2*(H,5,6,7);/q2*-5;;;+4/p-2. The number of hydrogen-bond acceptors (Lipinski definition) is 6. The van der Waals surface area contributed by atoms with E-state index >= 15 is 0 Å². The zero-order valence-corrected chi connectivity index (χ0v) is 15.4. The summed E-state index contributed by atoms with van der Waals surface area (Å²) < 4.78 is 118. The number of hydrogen-bond donors (Lipinski definition) is 0. The van der Waals surface area contributed by atoms with Crippen LogP contribution in [0.3, 0.4) is 0 Å². The summed E-state index contributed by atoms with van der Waals surface area (Å²) in [4.78, 5) is 0. The first-order valence-electron chi connectivity index (χ1n) is 5.20. The van der Waals surface area contributed by atoms with E-state index in [9.17, 15) is 26.3 Å². The summed E-state index contributed by atoms with van der Waals surface area (Å²) in [6.07, 6.45) is 0. The number of halogens is 6. The van der Waals surface area contributed by atoms with Crippen molar-refractivity contribution in [2.24, 2.45) is 0 Å². The monoisotopic (exact) mass is 468 g/mol. The summed E-state index contributed by atoms with van der Waals surface area (Å²) in [5.41, 5.74) is -11.3. The summed E-state index contributed by atoms with van der Waals surface area (Å²) in [5, 5.41) is 0. The van der Waals surface area contributed by atoms with Crippen molar-refractivity contribution in [3.05, 3.63) is 60.7 Å².